The van der Waals surface area contributed by atoms with E-state index in [9.17, 15) is 34.8 Å². The fraction of sp³-hybridized carbons (Fsp3) is 0. The van der Waals surface area contributed by atoms with Gasteiger partial charge in [-0.3, -0.25) is 9.59 Å². The maximum absolute atomic E-state index is 13.6. The highest BCUT2D eigenvalue weighted by Crippen LogP contribution is 2.33. The lowest BCUT2D eigenvalue weighted by Crippen LogP contribution is -2.02. The van der Waals surface area contributed by atoms with Crippen LogP contribution in [-0.2, 0) is 29.5 Å². The van der Waals surface area contributed by atoms with Gasteiger partial charge in [0, 0.05) is 32.3 Å². The van der Waals surface area contributed by atoms with Crippen LogP contribution in [0.25, 0.3) is 0 Å². The topological polar surface area (TPSA) is 173 Å². The molecule has 0 bridgehead atoms. The lowest BCUT2D eigenvalue weighted by Gasteiger charge is -2.11. The maximum atomic E-state index is 13.6. The number of benzene rings is 10. The zero-order valence-electron chi connectivity index (χ0n) is 41.0. The predicted octanol–water partition coefficient (Wildman–Crippen LogP) is 15.1. The van der Waals surface area contributed by atoms with Gasteiger partial charge in [-0.1, -0.05) is 23.2 Å². The van der Waals surface area contributed by atoms with E-state index in [0.717, 1.165) is 0 Å². The number of hydrogen-bond donors (Lipinski definition) is 0. The van der Waals surface area contributed by atoms with E-state index in [0.29, 0.717) is 78.3 Å². The Labute approximate surface area is 465 Å². The first kappa shape index (κ1) is 53.6. The van der Waals surface area contributed by atoms with Crippen LogP contribution in [0.15, 0.2) is 272 Å². The molecule has 10 aromatic carbocycles. The van der Waals surface area contributed by atoms with Crippen molar-refractivity contribution < 1.29 is 53.8 Å². The molecule has 0 fully saturated rings. The molecule has 0 radical (unpaired) electrons. The highest BCUT2D eigenvalue weighted by Gasteiger charge is 2.22. The Balaban J connectivity index is 0.701. The second-order valence-electron chi connectivity index (χ2n) is 17.5. The van der Waals surface area contributed by atoms with Crippen LogP contribution in [0.2, 0.25) is 10.0 Å². The normalized spacial score (nSPS) is 11.6. The van der Waals surface area contributed by atoms with Gasteiger partial charge in [0.25, 0.3) is 0 Å². The molecule has 0 spiro atoms. The summed E-state index contributed by atoms with van der Waals surface area (Å²) in [4.78, 5) is 25.7. The minimum Gasteiger partial charge on any atom is -0.457 e. The molecule has 0 N–H and O–H groups in total. The third kappa shape index (κ3) is 12.3. The number of sulfone groups is 3. The standard InChI is InChI=1S/C62H40Cl2O12S3/c63-45-9-1-41(2-10-45)61(65)43-5-13-47(14-6-43)73-49-17-29-55(30-18-49)77(67,68)57-33-21-51(22-34-57)75-53-25-37-59(38-26-53)79(71,72)60-39-27-54(28-40-60)76-52-23-35-58(36-24-52)78(69,70)56-31-19-50(20-32-56)74-48-15-7-44(8-16-48)62(66)42-3-11-46(64)12-4-42/h1-40H. The van der Waals surface area contributed by atoms with Crippen LogP contribution in [0, 0.1) is 0 Å². The molecule has 392 valence electrons. The van der Waals surface area contributed by atoms with Gasteiger partial charge in [0.05, 0.1) is 29.4 Å². The van der Waals surface area contributed by atoms with E-state index in [-0.39, 0.29) is 40.9 Å². The zero-order valence-corrected chi connectivity index (χ0v) is 44.9. The number of ketones is 2. The predicted molar refractivity (Wildman–Crippen MR) is 298 cm³/mol. The molecular formula is C62H40Cl2O12S3. The number of hydrogen-bond acceptors (Lipinski definition) is 12. The smallest absolute Gasteiger partial charge is 0.206 e. The molecule has 0 saturated heterocycles. The summed E-state index contributed by atoms with van der Waals surface area (Å²) in [6, 6.07) is 61.4. The molecule has 0 heterocycles. The van der Waals surface area contributed by atoms with Crippen LogP contribution < -0.4 is 18.9 Å². The van der Waals surface area contributed by atoms with Crippen molar-refractivity contribution in [1.82, 2.24) is 0 Å². The molecule has 0 atom stereocenters. The monoisotopic (exact) mass is 1140 g/mol. The number of carbonyl (C=O) groups excluding carboxylic acids is 2. The minimum absolute atomic E-state index is 0.0000676. The third-order valence-electron chi connectivity index (χ3n) is 12.2. The molecule has 0 aliphatic rings. The fourth-order valence-electron chi connectivity index (χ4n) is 7.96. The molecule has 10 aromatic rings. The number of halogens is 2. The van der Waals surface area contributed by atoms with Crippen LogP contribution in [0.4, 0.5) is 0 Å². The van der Waals surface area contributed by atoms with Gasteiger partial charge in [-0.25, -0.2) is 25.3 Å². The van der Waals surface area contributed by atoms with Crippen molar-refractivity contribution in [3.8, 4) is 46.0 Å². The van der Waals surface area contributed by atoms with E-state index < -0.39 is 29.5 Å². The quantitative estimate of drug-likeness (QED) is 0.0745. The number of rotatable bonds is 18. The second kappa shape index (κ2) is 22.6. The lowest BCUT2D eigenvalue weighted by molar-refractivity contribution is 0.103. The van der Waals surface area contributed by atoms with Gasteiger partial charge < -0.3 is 18.9 Å². The van der Waals surface area contributed by atoms with Crippen molar-refractivity contribution >= 4 is 64.3 Å². The van der Waals surface area contributed by atoms with Crippen LogP contribution in [0.5, 0.6) is 46.0 Å². The summed E-state index contributed by atoms with van der Waals surface area (Å²) in [5, 5.41) is 1.06. The molecule has 0 unspecified atom stereocenters. The first-order valence-corrected chi connectivity index (χ1v) is 29.1. The number of ether oxygens (including phenoxy) is 4. The Morgan fingerprint density at radius 3 is 0.532 bits per heavy atom. The SMILES string of the molecule is O=C(c1ccc(Cl)cc1)c1ccc(Oc2ccc(S(=O)(=O)c3ccc(Oc4ccc(S(=O)(=O)c5ccc(Oc6ccc(S(=O)(=O)c7ccc(Oc8ccc(C(=O)c9ccc(Cl)cc9)cc8)cc7)cc6)cc5)cc4)cc3)cc2)cc1. The van der Waals surface area contributed by atoms with Crippen LogP contribution in [0.1, 0.15) is 31.8 Å². The first-order chi connectivity index (χ1) is 38.0. The van der Waals surface area contributed by atoms with Crippen molar-refractivity contribution in [2.24, 2.45) is 0 Å². The first-order valence-electron chi connectivity index (χ1n) is 23.9. The van der Waals surface area contributed by atoms with Gasteiger partial charge in [0.1, 0.15) is 46.0 Å². The van der Waals surface area contributed by atoms with Crippen molar-refractivity contribution in [3.05, 3.63) is 275 Å². The minimum atomic E-state index is -3.97. The maximum Gasteiger partial charge on any atom is 0.206 e. The Bertz CT molecular complexity index is 3910. The van der Waals surface area contributed by atoms with Gasteiger partial charge in [-0.2, -0.15) is 0 Å². The summed E-state index contributed by atoms with van der Waals surface area (Å²) in [6.07, 6.45) is 0. The molecule has 0 amide bonds. The highest BCUT2D eigenvalue weighted by molar-refractivity contribution is 7.92. The summed E-state index contributed by atoms with van der Waals surface area (Å²) in [7, 11) is -11.8. The largest absolute Gasteiger partial charge is 0.457 e. The average Bonchev–Trinajstić information content (AvgIpc) is 3.48. The Hall–Kier alpha value is -8.83. The van der Waals surface area contributed by atoms with Crippen molar-refractivity contribution in [3.63, 3.8) is 0 Å². The van der Waals surface area contributed by atoms with Gasteiger partial charge in [0.2, 0.25) is 29.5 Å². The van der Waals surface area contributed by atoms with Gasteiger partial charge in [-0.15, -0.1) is 0 Å². The van der Waals surface area contributed by atoms with Crippen molar-refractivity contribution in [1.29, 1.82) is 0 Å². The highest BCUT2D eigenvalue weighted by atomic mass is 35.5. The summed E-state index contributed by atoms with van der Waals surface area (Å²) in [6.45, 7) is 0. The molecule has 10 rings (SSSR count). The van der Waals surface area contributed by atoms with E-state index in [2.05, 4.69) is 0 Å². The molecule has 17 heteroatoms. The Morgan fingerprint density at radius 2 is 0.367 bits per heavy atom. The van der Waals surface area contributed by atoms with Crippen LogP contribution >= 0.6 is 23.2 Å². The van der Waals surface area contributed by atoms with E-state index in [4.69, 9.17) is 42.1 Å². The van der Waals surface area contributed by atoms with Gasteiger partial charge >= 0.3 is 0 Å². The van der Waals surface area contributed by atoms with Crippen LogP contribution in [-0.4, -0.2) is 36.8 Å². The molecule has 0 aromatic heterocycles. The molecule has 0 aliphatic carbocycles. The van der Waals surface area contributed by atoms with E-state index in [1.807, 2.05) is 0 Å². The van der Waals surface area contributed by atoms with Gasteiger partial charge in [-0.05, 0) is 243 Å². The van der Waals surface area contributed by atoms with E-state index in [1.54, 1.807) is 97.1 Å². The fourth-order valence-corrected chi connectivity index (χ4v) is 12.0. The van der Waals surface area contributed by atoms with Gasteiger partial charge in [0.15, 0.2) is 11.6 Å². The third-order valence-corrected chi connectivity index (χ3v) is 18.1. The van der Waals surface area contributed by atoms with Crippen molar-refractivity contribution in [2.45, 2.75) is 29.4 Å². The summed E-state index contributed by atoms with van der Waals surface area (Å²) in [5.74, 6) is 2.60. The second-order valence-corrected chi connectivity index (χ2v) is 24.2. The van der Waals surface area contributed by atoms with Crippen LogP contribution in [0.3, 0.4) is 0 Å². The zero-order chi connectivity index (χ0) is 55.3. The molecule has 12 nitrogen and oxygen atoms in total. The summed E-state index contributed by atoms with van der Waals surface area (Å²) in [5.41, 5.74) is 1.93. The Kier molecular flexibility index (Phi) is 15.3. The molecule has 0 aliphatic heterocycles. The molecule has 0 saturated carbocycles. The average molecular weight is 1140 g/mol. The van der Waals surface area contributed by atoms with E-state index >= 15 is 0 Å². The van der Waals surface area contributed by atoms with E-state index in [1.165, 1.54) is 146 Å². The summed E-state index contributed by atoms with van der Waals surface area (Å²) < 4.78 is 105. The summed E-state index contributed by atoms with van der Waals surface area (Å²) >= 11 is 11.9. The number of carbonyl (C=O) groups is 2. The van der Waals surface area contributed by atoms with Crippen molar-refractivity contribution in [2.75, 3.05) is 0 Å². The lowest BCUT2D eigenvalue weighted by atomic mass is 10.0. The Morgan fingerprint density at radius 1 is 0.228 bits per heavy atom. The molecular weight excluding hydrogens is 1100 g/mol. The molecule has 79 heavy (non-hydrogen) atoms.